The molecule has 27 heavy (non-hydrogen) atoms. The molecule has 9 heteroatoms. The lowest BCUT2D eigenvalue weighted by Crippen LogP contribution is -2.17. The minimum Gasteiger partial charge on any atom is -0.325 e. The molecular weight excluding hydrogens is 380 g/mol. The molecule has 3 N–H and O–H groups in total. The number of nitrogens with one attached hydrogen (secondary N) is 1. The molecule has 0 aliphatic carbocycles. The Morgan fingerprint density at radius 3 is 2.85 bits per heavy atom. The maximum atomic E-state index is 12.3. The van der Waals surface area contributed by atoms with E-state index in [9.17, 15) is 4.79 Å². The summed E-state index contributed by atoms with van der Waals surface area (Å²) in [7, 11) is 0. The first-order valence-corrected chi connectivity index (χ1v) is 10.6. The van der Waals surface area contributed by atoms with Crippen molar-refractivity contribution in [2.24, 2.45) is 11.7 Å². The highest BCUT2D eigenvalue weighted by atomic mass is 32.2. The second kappa shape index (κ2) is 8.37. The zero-order valence-corrected chi connectivity index (χ0v) is 17.5. The second-order valence-electron chi connectivity index (χ2n) is 7.01. The summed E-state index contributed by atoms with van der Waals surface area (Å²) in [4.78, 5) is 13.0. The van der Waals surface area contributed by atoms with Gasteiger partial charge >= 0.3 is 0 Å². The van der Waals surface area contributed by atoms with E-state index in [0.717, 1.165) is 27.6 Å². The average molecular weight is 405 g/mol. The summed E-state index contributed by atoms with van der Waals surface area (Å²) in [6.45, 7) is 8.22. The number of carbonyl (C=O) groups excluding carboxylic acids is 1. The van der Waals surface area contributed by atoms with E-state index in [4.69, 9.17) is 5.73 Å². The minimum atomic E-state index is -0.201. The lowest BCUT2D eigenvalue weighted by molar-refractivity contribution is -0.113. The highest BCUT2D eigenvalue weighted by molar-refractivity contribution is 8.01. The number of aryl methyl sites for hydroxylation is 2. The summed E-state index contributed by atoms with van der Waals surface area (Å²) < 4.78 is 2.47. The van der Waals surface area contributed by atoms with E-state index >= 15 is 0 Å². The molecule has 0 unspecified atom stereocenters. The van der Waals surface area contributed by atoms with E-state index in [1.54, 1.807) is 4.52 Å². The molecule has 3 aromatic rings. The molecule has 1 amide bonds. The summed E-state index contributed by atoms with van der Waals surface area (Å²) in [5.74, 6) is 1.36. The number of nitrogens with two attached hydrogens (primary N) is 1. The molecule has 1 atom stereocenters. The molecule has 3 rings (SSSR count). The minimum absolute atomic E-state index is 0.0589. The molecule has 0 aliphatic rings. The van der Waals surface area contributed by atoms with Gasteiger partial charge in [0.15, 0.2) is 10.2 Å². The summed E-state index contributed by atoms with van der Waals surface area (Å²) in [6, 6.07) is 5.81. The Kier molecular flexibility index (Phi) is 6.13. The van der Waals surface area contributed by atoms with Crippen LogP contribution in [0.25, 0.3) is 4.96 Å². The third-order valence-corrected chi connectivity index (χ3v) is 6.08. The van der Waals surface area contributed by atoms with Gasteiger partial charge in [-0.15, -0.1) is 15.3 Å². The van der Waals surface area contributed by atoms with Gasteiger partial charge in [0.05, 0.1) is 11.8 Å². The van der Waals surface area contributed by atoms with Crippen molar-refractivity contribution in [1.82, 2.24) is 19.8 Å². The number of anilines is 1. The van der Waals surface area contributed by atoms with Crippen LogP contribution in [0.2, 0.25) is 0 Å². The van der Waals surface area contributed by atoms with Crippen LogP contribution in [-0.2, 0) is 4.79 Å². The molecule has 0 saturated carbocycles. The third kappa shape index (κ3) is 4.85. The van der Waals surface area contributed by atoms with Crippen molar-refractivity contribution < 1.29 is 4.79 Å². The smallest absolute Gasteiger partial charge is 0.235 e. The normalized spacial score (nSPS) is 12.7. The number of nitrogens with zero attached hydrogens (tertiary/aromatic N) is 4. The fourth-order valence-electron chi connectivity index (χ4n) is 2.70. The second-order valence-corrected chi connectivity index (χ2v) is 9.19. The first-order chi connectivity index (χ1) is 12.8. The van der Waals surface area contributed by atoms with E-state index in [1.165, 1.54) is 23.1 Å². The summed E-state index contributed by atoms with van der Waals surface area (Å²) in [5.41, 5.74) is 9.22. The predicted molar refractivity (Wildman–Crippen MR) is 110 cm³/mol. The van der Waals surface area contributed by atoms with Crippen LogP contribution in [0.1, 0.15) is 43.3 Å². The quantitative estimate of drug-likeness (QED) is 0.584. The molecular formula is C18H24N6OS2. The number of rotatable bonds is 7. The van der Waals surface area contributed by atoms with Gasteiger partial charge < -0.3 is 11.1 Å². The number of fused-ring (bicyclic) bond motifs is 1. The predicted octanol–water partition coefficient (Wildman–Crippen LogP) is 3.58. The summed E-state index contributed by atoms with van der Waals surface area (Å²) >= 11 is 2.80. The number of amides is 1. The monoisotopic (exact) mass is 404 g/mol. The Labute approximate surface area is 166 Å². The maximum absolute atomic E-state index is 12.3. The van der Waals surface area contributed by atoms with Gasteiger partial charge in [-0.2, -0.15) is 4.52 Å². The molecule has 0 fully saturated rings. The van der Waals surface area contributed by atoms with E-state index < -0.39 is 0 Å². The zero-order valence-electron chi connectivity index (χ0n) is 15.9. The van der Waals surface area contributed by atoms with Crippen molar-refractivity contribution in [3.05, 3.63) is 35.2 Å². The van der Waals surface area contributed by atoms with Gasteiger partial charge in [0.2, 0.25) is 10.9 Å². The number of thioether (sulfide) groups is 1. The molecule has 0 radical (unpaired) electrons. The van der Waals surface area contributed by atoms with Crippen molar-refractivity contribution in [2.45, 2.75) is 44.5 Å². The van der Waals surface area contributed by atoms with Gasteiger partial charge in [-0.05, 0) is 43.4 Å². The van der Waals surface area contributed by atoms with Crippen LogP contribution < -0.4 is 11.1 Å². The largest absolute Gasteiger partial charge is 0.325 e. The third-order valence-electron chi connectivity index (χ3n) is 4.05. The number of hydrogen-bond donors (Lipinski definition) is 2. The lowest BCUT2D eigenvalue weighted by atomic mass is 10.0. The molecule has 2 aromatic heterocycles. The fourth-order valence-corrected chi connectivity index (χ4v) is 4.38. The van der Waals surface area contributed by atoms with Crippen LogP contribution in [-0.4, -0.2) is 31.5 Å². The van der Waals surface area contributed by atoms with E-state index in [0.29, 0.717) is 16.7 Å². The van der Waals surface area contributed by atoms with E-state index in [2.05, 4.69) is 34.5 Å². The summed E-state index contributed by atoms with van der Waals surface area (Å²) in [5, 5.41) is 15.8. The van der Waals surface area contributed by atoms with Crippen molar-refractivity contribution in [3.63, 3.8) is 0 Å². The van der Waals surface area contributed by atoms with Crippen LogP contribution in [0.4, 0.5) is 5.69 Å². The molecule has 0 saturated heterocycles. The lowest BCUT2D eigenvalue weighted by Gasteiger charge is -2.10. The molecule has 1 aromatic carbocycles. The van der Waals surface area contributed by atoms with Gasteiger partial charge in [-0.25, -0.2) is 0 Å². The highest BCUT2D eigenvalue weighted by Crippen LogP contribution is 2.27. The number of benzene rings is 1. The van der Waals surface area contributed by atoms with Crippen LogP contribution >= 0.6 is 23.1 Å². The molecule has 0 spiro atoms. The first-order valence-electron chi connectivity index (χ1n) is 8.81. The van der Waals surface area contributed by atoms with Crippen LogP contribution in [0.3, 0.4) is 0 Å². The molecule has 0 bridgehead atoms. The van der Waals surface area contributed by atoms with Crippen molar-refractivity contribution in [3.8, 4) is 0 Å². The van der Waals surface area contributed by atoms with Gasteiger partial charge in [0, 0.05) is 5.69 Å². The molecule has 2 heterocycles. The number of hydrogen-bond acceptors (Lipinski definition) is 7. The fraction of sp³-hybridized carbons (Fsp3) is 0.444. The van der Waals surface area contributed by atoms with Crippen molar-refractivity contribution >= 4 is 39.7 Å². The molecule has 144 valence electrons. The zero-order chi connectivity index (χ0) is 19.6. The van der Waals surface area contributed by atoms with Crippen LogP contribution in [0.5, 0.6) is 0 Å². The number of carbonyl (C=O) groups is 1. The van der Waals surface area contributed by atoms with Crippen molar-refractivity contribution in [2.75, 3.05) is 11.1 Å². The summed E-state index contributed by atoms with van der Waals surface area (Å²) in [6.07, 6.45) is 0.818. The first kappa shape index (κ1) is 19.8. The van der Waals surface area contributed by atoms with Crippen molar-refractivity contribution in [1.29, 1.82) is 0 Å². The van der Waals surface area contributed by atoms with Crippen LogP contribution in [0, 0.1) is 19.8 Å². The Morgan fingerprint density at radius 1 is 1.33 bits per heavy atom. The average Bonchev–Trinajstić information content (AvgIpc) is 3.15. The van der Waals surface area contributed by atoms with Crippen LogP contribution in [0.15, 0.2) is 22.5 Å². The Bertz CT molecular complexity index is 949. The van der Waals surface area contributed by atoms with E-state index in [1.807, 2.05) is 32.0 Å². The molecule has 7 nitrogen and oxygen atoms in total. The van der Waals surface area contributed by atoms with Gasteiger partial charge in [0.1, 0.15) is 0 Å². The molecule has 0 aliphatic heterocycles. The van der Waals surface area contributed by atoms with Gasteiger partial charge in [-0.3, -0.25) is 4.79 Å². The van der Waals surface area contributed by atoms with E-state index in [-0.39, 0.29) is 17.7 Å². The maximum Gasteiger partial charge on any atom is 0.235 e. The topological polar surface area (TPSA) is 98.2 Å². The SMILES string of the molecule is Cc1ccc(C)c(NC(=O)CSc2nn3c([C@@H](N)CC(C)C)nnc3s2)c1. The number of aromatic nitrogens is 4. The van der Waals surface area contributed by atoms with Gasteiger partial charge in [0.25, 0.3) is 0 Å². The Hall–Kier alpha value is -1.97. The standard InChI is InChI=1S/C18H24N6OS2/c1-10(2)7-13(19)16-21-22-17-24(16)23-18(27-17)26-9-15(25)20-14-8-11(3)5-6-12(14)4/h5-6,8,10,13H,7,9,19H2,1-4H3,(H,20,25)/t13-/m0/s1. The van der Waals surface area contributed by atoms with Gasteiger partial charge in [-0.1, -0.05) is 49.1 Å². The Morgan fingerprint density at radius 2 is 2.11 bits per heavy atom. The highest BCUT2D eigenvalue weighted by Gasteiger charge is 2.19. The Balaban J connectivity index is 1.64.